The predicted molar refractivity (Wildman–Crippen MR) is 67.5 cm³/mol. The fraction of sp³-hybridized carbons (Fsp3) is 0.100. The fourth-order valence-electron chi connectivity index (χ4n) is 1.35. The number of carbonyl (C=O) groups excluding carboxylic acids is 1. The largest absolute Gasteiger partial charge is 0.490 e. The Labute approximate surface area is 116 Å². The molecule has 0 radical (unpaired) electrons. The predicted octanol–water partition coefficient (Wildman–Crippen LogP) is 2.38. The Hall–Kier alpha value is -1.99. The summed E-state index contributed by atoms with van der Waals surface area (Å²) in [5.41, 5.74) is 0.340. The number of hydrogen-bond acceptors (Lipinski definition) is 5. The minimum absolute atomic E-state index is 0.168. The van der Waals surface area contributed by atoms with Crippen LogP contribution >= 0.6 is 23.2 Å². The lowest BCUT2D eigenvalue weighted by molar-refractivity contribution is -0.394. The zero-order valence-electron chi connectivity index (χ0n) is 9.29. The van der Waals surface area contributed by atoms with Crippen LogP contribution in [0.5, 0.6) is 0 Å². The molecule has 0 saturated heterocycles. The number of aromatic nitrogens is 3. The number of carbonyl (C=O) groups is 1. The fourth-order valence-corrected chi connectivity index (χ4v) is 1.65. The van der Waals surface area contributed by atoms with Gasteiger partial charge in [-0.25, -0.2) is 0 Å². The second kappa shape index (κ2) is 5.33. The van der Waals surface area contributed by atoms with E-state index in [1.807, 2.05) is 0 Å². The molecule has 0 aliphatic rings. The molecule has 0 atom stereocenters. The van der Waals surface area contributed by atoms with Crippen LogP contribution in [0.1, 0.15) is 10.4 Å². The molecule has 9 heteroatoms. The Bertz CT molecular complexity index is 656. The van der Waals surface area contributed by atoms with Crippen molar-refractivity contribution in [3.63, 3.8) is 0 Å². The number of ketones is 1. The Kier molecular flexibility index (Phi) is 3.77. The summed E-state index contributed by atoms with van der Waals surface area (Å²) < 4.78 is 1.09. The summed E-state index contributed by atoms with van der Waals surface area (Å²) in [6, 6.07) is 4.44. The van der Waals surface area contributed by atoms with Gasteiger partial charge in [-0.1, -0.05) is 28.2 Å². The van der Waals surface area contributed by atoms with Crippen molar-refractivity contribution >= 4 is 34.9 Å². The monoisotopic (exact) mass is 300 g/mol. The van der Waals surface area contributed by atoms with Gasteiger partial charge in [-0.2, -0.15) is 4.68 Å². The van der Waals surface area contributed by atoms with Gasteiger partial charge in [0.2, 0.25) is 6.33 Å². The zero-order valence-corrected chi connectivity index (χ0v) is 10.8. The van der Waals surface area contributed by atoms with Gasteiger partial charge in [0, 0.05) is 10.7 Å². The molecular weight excluding hydrogens is 295 g/mol. The third-order valence-corrected chi connectivity index (χ3v) is 2.97. The van der Waals surface area contributed by atoms with Gasteiger partial charge in [-0.05, 0) is 23.1 Å². The van der Waals surface area contributed by atoms with E-state index in [0.29, 0.717) is 10.6 Å². The van der Waals surface area contributed by atoms with Gasteiger partial charge in [0.25, 0.3) is 0 Å². The molecule has 0 aliphatic heterocycles. The molecule has 0 saturated carbocycles. The quantitative estimate of drug-likeness (QED) is 0.491. The lowest BCUT2D eigenvalue weighted by atomic mass is 10.1. The molecule has 2 rings (SSSR count). The smallest absolute Gasteiger partial charge is 0.390 e. The lowest BCUT2D eigenvalue weighted by Crippen LogP contribution is -2.11. The number of nitrogens with zero attached hydrogens (tertiary/aromatic N) is 4. The molecule has 1 aromatic heterocycles. The van der Waals surface area contributed by atoms with E-state index in [1.165, 1.54) is 18.2 Å². The van der Waals surface area contributed by atoms with Gasteiger partial charge in [0.15, 0.2) is 5.78 Å². The second-order valence-electron chi connectivity index (χ2n) is 3.55. The highest BCUT2D eigenvalue weighted by atomic mass is 35.5. The maximum absolute atomic E-state index is 11.9. The molecular formula is C10H6Cl2N4O3. The second-order valence-corrected chi connectivity index (χ2v) is 4.37. The average molecular weight is 301 g/mol. The normalized spacial score (nSPS) is 10.4. The van der Waals surface area contributed by atoms with Crippen molar-refractivity contribution in [2.24, 2.45) is 0 Å². The molecule has 19 heavy (non-hydrogen) atoms. The molecule has 2 aromatic rings. The first-order valence-electron chi connectivity index (χ1n) is 4.99. The average Bonchev–Trinajstić information content (AvgIpc) is 2.81. The number of rotatable bonds is 4. The number of halogens is 2. The first-order chi connectivity index (χ1) is 8.97. The van der Waals surface area contributed by atoms with E-state index in [1.54, 1.807) is 0 Å². The number of hydrogen-bond donors (Lipinski definition) is 0. The topological polar surface area (TPSA) is 90.9 Å². The maximum Gasteiger partial charge on any atom is 0.490 e. The summed E-state index contributed by atoms with van der Waals surface area (Å²) in [6.07, 6.45) is 1.12. The van der Waals surface area contributed by atoms with Gasteiger partial charge in [-0.15, -0.1) is 0 Å². The first kappa shape index (κ1) is 13.4. The van der Waals surface area contributed by atoms with Crippen molar-refractivity contribution in [2.75, 3.05) is 0 Å². The number of nitro groups is 1. The minimum atomic E-state index is -0.736. The first-order valence-corrected chi connectivity index (χ1v) is 5.75. The lowest BCUT2D eigenvalue weighted by Gasteiger charge is -2.01. The van der Waals surface area contributed by atoms with Crippen molar-refractivity contribution in [1.29, 1.82) is 0 Å². The summed E-state index contributed by atoms with van der Waals surface area (Å²) in [6.45, 7) is -0.168. The molecule has 0 aliphatic carbocycles. The SMILES string of the molecule is O=C(Cn1cnc([N+](=O)[O-])n1)c1ccc(Cl)c(Cl)c1. The van der Waals surface area contributed by atoms with Gasteiger partial charge in [0.1, 0.15) is 6.54 Å². The summed E-state index contributed by atoms with van der Waals surface area (Å²) >= 11 is 11.5. The summed E-state index contributed by atoms with van der Waals surface area (Å²) in [5.74, 6) is -0.861. The van der Waals surface area contributed by atoms with E-state index in [9.17, 15) is 14.9 Å². The Morgan fingerprint density at radius 3 is 2.68 bits per heavy atom. The molecule has 0 unspecified atom stereocenters. The Morgan fingerprint density at radius 2 is 2.11 bits per heavy atom. The molecule has 1 heterocycles. The summed E-state index contributed by atoms with van der Waals surface area (Å²) in [7, 11) is 0. The number of Topliss-reactive ketones (excluding diaryl/α,β-unsaturated/α-hetero) is 1. The van der Waals surface area contributed by atoms with Crippen LogP contribution < -0.4 is 0 Å². The molecule has 98 valence electrons. The standard InChI is InChI=1S/C10H6Cl2N4O3/c11-7-2-1-6(3-8(7)12)9(17)4-15-5-13-10(14-15)16(18)19/h1-3,5H,4H2. The molecule has 0 fully saturated rings. The highest BCUT2D eigenvalue weighted by Gasteiger charge is 2.16. The van der Waals surface area contributed by atoms with E-state index < -0.39 is 10.9 Å². The minimum Gasteiger partial charge on any atom is -0.390 e. The van der Waals surface area contributed by atoms with Crippen LogP contribution in [-0.2, 0) is 6.54 Å². The third kappa shape index (κ3) is 3.07. The van der Waals surface area contributed by atoms with Crippen LogP contribution in [0.3, 0.4) is 0 Å². The van der Waals surface area contributed by atoms with E-state index in [0.717, 1.165) is 11.0 Å². The highest BCUT2D eigenvalue weighted by Crippen LogP contribution is 2.22. The van der Waals surface area contributed by atoms with Crippen molar-refractivity contribution in [2.45, 2.75) is 6.54 Å². The van der Waals surface area contributed by atoms with Crippen molar-refractivity contribution in [3.05, 3.63) is 50.2 Å². The molecule has 1 aromatic carbocycles. The van der Waals surface area contributed by atoms with Crippen molar-refractivity contribution in [1.82, 2.24) is 14.8 Å². The van der Waals surface area contributed by atoms with Crippen LogP contribution in [0.25, 0.3) is 0 Å². The van der Waals surface area contributed by atoms with Crippen LogP contribution in [-0.4, -0.2) is 25.5 Å². The number of benzene rings is 1. The van der Waals surface area contributed by atoms with Gasteiger partial charge in [0.05, 0.1) is 10.0 Å². The van der Waals surface area contributed by atoms with Crippen LogP contribution in [0.15, 0.2) is 24.5 Å². The third-order valence-electron chi connectivity index (χ3n) is 2.23. The van der Waals surface area contributed by atoms with E-state index in [-0.39, 0.29) is 17.4 Å². The molecule has 7 nitrogen and oxygen atoms in total. The van der Waals surface area contributed by atoms with Gasteiger partial charge >= 0.3 is 5.95 Å². The van der Waals surface area contributed by atoms with Crippen LogP contribution in [0.2, 0.25) is 10.0 Å². The Balaban J connectivity index is 2.15. The molecule has 0 spiro atoms. The molecule has 0 N–H and O–H groups in total. The van der Waals surface area contributed by atoms with E-state index in [2.05, 4.69) is 10.1 Å². The van der Waals surface area contributed by atoms with Gasteiger partial charge < -0.3 is 10.1 Å². The van der Waals surface area contributed by atoms with E-state index >= 15 is 0 Å². The van der Waals surface area contributed by atoms with Gasteiger partial charge in [-0.3, -0.25) is 4.79 Å². The van der Waals surface area contributed by atoms with Crippen molar-refractivity contribution < 1.29 is 9.72 Å². The zero-order chi connectivity index (χ0) is 14.0. The summed E-state index contributed by atoms with van der Waals surface area (Å²) in [5, 5.41) is 14.5. The molecule has 0 amide bonds. The van der Waals surface area contributed by atoms with Crippen LogP contribution in [0.4, 0.5) is 5.95 Å². The van der Waals surface area contributed by atoms with E-state index in [4.69, 9.17) is 23.2 Å². The maximum atomic E-state index is 11.9. The Morgan fingerprint density at radius 1 is 1.37 bits per heavy atom. The highest BCUT2D eigenvalue weighted by molar-refractivity contribution is 6.42. The summed E-state index contributed by atoms with van der Waals surface area (Å²) in [4.78, 5) is 25.0. The van der Waals surface area contributed by atoms with Crippen LogP contribution in [0, 0.1) is 10.1 Å². The van der Waals surface area contributed by atoms with Crippen molar-refractivity contribution in [3.8, 4) is 0 Å². The molecule has 0 bridgehead atoms.